The summed E-state index contributed by atoms with van der Waals surface area (Å²) in [5.74, 6) is 0.665. The van der Waals surface area contributed by atoms with E-state index in [4.69, 9.17) is 27.9 Å². The van der Waals surface area contributed by atoms with Crippen LogP contribution in [0.15, 0.2) is 18.2 Å². The van der Waals surface area contributed by atoms with Crippen LogP contribution in [0, 0.1) is 0 Å². The molecule has 0 aliphatic carbocycles. The molecule has 0 aliphatic rings. The van der Waals surface area contributed by atoms with E-state index in [1.807, 2.05) is 6.92 Å². The van der Waals surface area contributed by atoms with Crippen LogP contribution >= 0.6 is 39.1 Å². The van der Waals surface area contributed by atoms with Gasteiger partial charge in [0, 0.05) is 10.4 Å². The zero-order valence-corrected chi connectivity index (χ0v) is 10.2. The van der Waals surface area contributed by atoms with Crippen LogP contribution in [0.5, 0.6) is 5.75 Å². The molecule has 0 N–H and O–H groups in total. The molecule has 0 spiro atoms. The Morgan fingerprint density at radius 1 is 1.46 bits per heavy atom. The molecule has 1 rings (SSSR count). The third-order valence-electron chi connectivity index (χ3n) is 1.44. The van der Waals surface area contributed by atoms with E-state index in [1.165, 1.54) is 0 Å². The highest BCUT2D eigenvalue weighted by Gasteiger charge is 2.05. The summed E-state index contributed by atoms with van der Waals surface area (Å²) in [7, 11) is 0. The van der Waals surface area contributed by atoms with Crippen LogP contribution in [0.4, 0.5) is 0 Å². The Hall–Kier alpha value is 0.0800. The van der Waals surface area contributed by atoms with Crippen molar-refractivity contribution in [2.24, 2.45) is 0 Å². The van der Waals surface area contributed by atoms with Gasteiger partial charge in [-0.25, -0.2) is 0 Å². The summed E-state index contributed by atoms with van der Waals surface area (Å²) in [6.45, 7) is 1.96. The Balaban J connectivity index is 2.77. The quantitative estimate of drug-likeness (QED) is 0.757. The van der Waals surface area contributed by atoms with Crippen molar-refractivity contribution in [2.75, 3.05) is 5.33 Å². The first-order valence-electron chi connectivity index (χ1n) is 3.81. The molecule has 0 fully saturated rings. The molecule has 0 amide bonds. The van der Waals surface area contributed by atoms with Crippen molar-refractivity contribution in [1.82, 2.24) is 0 Å². The molecule has 1 atom stereocenters. The van der Waals surface area contributed by atoms with E-state index < -0.39 is 0 Å². The van der Waals surface area contributed by atoms with Gasteiger partial charge in [0.15, 0.2) is 0 Å². The second kappa shape index (κ2) is 5.08. The van der Waals surface area contributed by atoms with Crippen LogP contribution in [0.25, 0.3) is 0 Å². The topological polar surface area (TPSA) is 9.23 Å². The molecule has 0 aliphatic heterocycles. The monoisotopic (exact) mass is 282 g/mol. The first kappa shape index (κ1) is 11.2. The normalized spacial score (nSPS) is 12.6. The number of halogens is 3. The van der Waals surface area contributed by atoms with Gasteiger partial charge in [0.2, 0.25) is 0 Å². The predicted octanol–water partition coefficient (Wildman–Crippen LogP) is 4.16. The predicted molar refractivity (Wildman–Crippen MR) is 60.3 cm³/mol. The number of ether oxygens (including phenoxy) is 1. The Morgan fingerprint density at radius 2 is 2.15 bits per heavy atom. The number of hydrogen-bond acceptors (Lipinski definition) is 1. The standard InChI is InChI=1S/C9H9BrCl2O/c1-6(5-10)13-9-3-2-7(11)4-8(9)12/h2-4,6H,5H2,1H3. The number of rotatable bonds is 3. The fourth-order valence-corrected chi connectivity index (χ4v) is 1.40. The number of benzene rings is 1. The summed E-state index contributed by atoms with van der Waals surface area (Å²) in [6.07, 6.45) is 0.0960. The van der Waals surface area contributed by atoms with Gasteiger partial charge in [0.25, 0.3) is 0 Å². The summed E-state index contributed by atoms with van der Waals surface area (Å²) < 4.78 is 5.51. The van der Waals surface area contributed by atoms with Gasteiger partial charge in [-0.2, -0.15) is 0 Å². The second-order valence-electron chi connectivity index (χ2n) is 2.66. The average Bonchev–Trinajstić information content (AvgIpc) is 2.09. The van der Waals surface area contributed by atoms with Crippen molar-refractivity contribution in [2.45, 2.75) is 13.0 Å². The first-order valence-corrected chi connectivity index (χ1v) is 5.69. The zero-order chi connectivity index (χ0) is 9.84. The van der Waals surface area contributed by atoms with Crippen molar-refractivity contribution >= 4 is 39.1 Å². The van der Waals surface area contributed by atoms with Crippen molar-refractivity contribution in [1.29, 1.82) is 0 Å². The smallest absolute Gasteiger partial charge is 0.138 e. The molecule has 0 heterocycles. The van der Waals surface area contributed by atoms with Gasteiger partial charge in [0.05, 0.1) is 5.02 Å². The molecule has 4 heteroatoms. The summed E-state index contributed by atoms with van der Waals surface area (Å²) in [4.78, 5) is 0. The van der Waals surface area contributed by atoms with Crippen LogP contribution in [0.2, 0.25) is 10.0 Å². The molecule has 0 bridgehead atoms. The minimum atomic E-state index is 0.0960. The lowest BCUT2D eigenvalue weighted by molar-refractivity contribution is 0.248. The van der Waals surface area contributed by atoms with Gasteiger partial charge >= 0.3 is 0 Å². The summed E-state index contributed by atoms with van der Waals surface area (Å²) in [6, 6.07) is 5.19. The highest BCUT2D eigenvalue weighted by atomic mass is 79.9. The van der Waals surface area contributed by atoms with Gasteiger partial charge in [-0.05, 0) is 25.1 Å². The van der Waals surface area contributed by atoms with E-state index in [0.717, 1.165) is 5.33 Å². The molecular weight excluding hydrogens is 275 g/mol. The van der Waals surface area contributed by atoms with Gasteiger partial charge in [0.1, 0.15) is 11.9 Å². The van der Waals surface area contributed by atoms with E-state index in [-0.39, 0.29) is 6.10 Å². The Bertz CT molecular complexity index is 291. The molecule has 0 saturated carbocycles. The largest absolute Gasteiger partial charge is 0.488 e. The van der Waals surface area contributed by atoms with Crippen molar-refractivity contribution in [3.8, 4) is 5.75 Å². The van der Waals surface area contributed by atoms with Crippen molar-refractivity contribution in [3.05, 3.63) is 28.2 Å². The van der Waals surface area contributed by atoms with Crippen LogP contribution in [-0.4, -0.2) is 11.4 Å². The molecule has 1 nitrogen and oxygen atoms in total. The van der Waals surface area contributed by atoms with Crippen LogP contribution in [-0.2, 0) is 0 Å². The molecule has 1 unspecified atom stereocenters. The third kappa shape index (κ3) is 3.37. The summed E-state index contributed by atoms with van der Waals surface area (Å²) in [5, 5.41) is 1.93. The lowest BCUT2D eigenvalue weighted by Gasteiger charge is -2.12. The van der Waals surface area contributed by atoms with E-state index in [2.05, 4.69) is 15.9 Å². The second-order valence-corrected chi connectivity index (χ2v) is 4.15. The maximum absolute atomic E-state index is 5.91. The van der Waals surface area contributed by atoms with Gasteiger partial charge in [-0.3, -0.25) is 0 Å². The highest BCUT2D eigenvalue weighted by molar-refractivity contribution is 9.09. The molecule has 0 aromatic heterocycles. The fourth-order valence-electron chi connectivity index (χ4n) is 0.819. The van der Waals surface area contributed by atoms with E-state index in [0.29, 0.717) is 15.8 Å². The summed E-state index contributed by atoms with van der Waals surface area (Å²) in [5.41, 5.74) is 0. The van der Waals surface area contributed by atoms with E-state index >= 15 is 0 Å². The number of alkyl halides is 1. The van der Waals surface area contributed by atoms with Crippen LogP contribution in [0.3, 0.4) is 0 Å². The molecule has 13 heavy (non-hydrogen) atoms. The Morgan fingerprint density at radius 3 is 2.69 bits per heavy atom. The lowest BCUT2D eigenvalue weighted by atomic mass is 10.3. The molecule has 0 saturated heterocycles. The van der Waals surface area contributed by atoms with Gasteiger partial charge in [-0.15, -0.1) is 0 Å². The van der Waals surface area contributed by atoms with Crippen LogP contribution in [0.1, 0.15) is 6.92 Å². The Kier molecular flexibility index (Phi) is 4.36. The molecule has 0 radical (unpaired) electrons. The maximum Gasteiger partial charge on any atom is 0.138 e. The lowest BCUT2D eigenvalue weighted by Crippen LogP contribution is -2.12. The molecular formula is C9H9BrCl2O. The Labute approximate surface area is 96.1 Å². The minimum Gasteiger partial charge on any atom is -0.488 e. The molecule has 1 aromatic carbocycles. The number of hydrogen-bond donors (Lipinski definition) is 0. The highest BCUT2D eigenvalue weighted by Crippen LogP contribution is 2.28. The van der Waals surface area contributed by atoms with Crippen molar-refractivity contribution < 1.29 is 4.74 Å². The maximum atomic E-state index is 5.91. The van der Waals surface area contributed by atoms with Crippen LogP contribution < -0.4 is 4.74 Å². The van der Waals surface area contributed by atoms with E-state index in [9.17, 15) is 0 Å². The fraction of sp³-hybridized carbons (Fsp3) is 0.333. The summed E-state index contributed by atoms with van der Waals surface area (Å²) >= 11 is 15.0. The molecule has 1 aromatic rings. The minimum absolute atomic E-state index is 0.0960. The van der Waals surface area contributed by atoms with E-state index in [1.54, 1.807) is 18.2 Å². The average molecular weight is 284 g/mol. The van der Waals surface area contributed by atoms with Gasteiger partial charge in [-0.1, -0.05) is 39.1 Å². The first-order chi connectivity index (χ1) is 6.13. The SMILES string of the molecule is CC(CBr)Oc1ccc(Cl)cc1Cl. The zero-order valence-electron chi connectivity index (χ0n) is 7.06. The van der Waals surface area contributed by atoms with Gasteiger partial charge < -0.3 is 4.74 Å². The van der Waals surface area contributed by atoms with Crippen molar-refractivity contribution in [3.63, 3.8) is 0 Å². The molecule has 72 valence electrons. The third-order valence-corrected chi connectivity index (χ3v) is 2.88.